The first-order valence-electron chi connectivity index (χ1n) is 7.41. The topological polar surface area (TPSA) is 35.6 Å². The molecule has 1 heterocycles. The van der Waals surface area contributed by atoms with E-state index in [2.05, 4.69) is 22.2 Å². The van der Waals surface area contributed by atoms with Crippen molar-refractivity contribution in [3.8, 4) is 0 Å². The van der Waals surface area contributed by atoms with Gasteiger partial charge in [0.05, 0.1) is 6.54 Å². The van der Waals surface area contributed by atoms with Crippen LogP contribution in [0.5, 0.6) is 0 Å². The molecule has 2 saturated carbocycles. The quantitative estimate of drug-likeness (QED) is 0.795. The number of hydrogen-bond acceptors (Lipinski definition) is 3. The minimum atomic E-state index is 0.247. The molecule has 1 N–H and O–H groups in total. The van der Waals surface area contributed by atoms with Crippen molar-refractivity contribution in [1.29, 1.82) is 0 Å². The molecule has 2 bridgehead atoms. The number of rotatable bonds is 3. The van der Waals surface area contributed by atoms with Crippen LogP contribution in [-0.2, 0) is 4.79 Å². The lowest BCUT2D eigenvalue weighted by atomic mass is 9.95. The van der Waals surface area contributed by atoms with E-state index in [9.17, 15) is 4.79 Å². The molecule has 0 unspecified atom stereocenters. The van der Waals surface area contributed by atoms with E-state index in [1.54, 1.807) is 0 Å². The van der Waals surface area contributed by atoms with E-state index in [1.165, 1.54) is 25.7 Å². The van der Waals surface area contributed by atoms with Crippen molar-refractivity contribution in [2.45, 2.75) is 31.7 Å². The summed E-state index contributed by atoms with van der Waals surface area (Å²) in [6.07, 6.45) is 5.33. The Morgan fingerprint density at radius 3 is 2.56 bits per heavy atom. The Hall–Kier alpha value is -0.610. The lowest BCUT2D eigenvalue weighted by Gasteiger charge is -2.32. The first-order valence-corrected chi connectivity index (χ1v) is 7.41. The number of piperazine rings is 1. The summed E-state index contributed by atoms with van der Waals surface area (Å²) in [4.78, 5) is 16.7. The van der Waals surface area contributed by atoms with Crippen LogP contribution < -0.4 is 5.32 Å². The molecule has 3 aliphatic rings. The van der Waals surface area contributed by atoms with Gasteiger partial charge in [-0.3, -0.25) is 9.69 Å². The second kappa shape index (κ2) is 5.17. The second-order valence-corrected chi connectivity index (χ2v) is 6.43. The van der Waals surface area contributed by atoms with Crippen molar-refractivity contribution in [3.05, 3.63) is 0 Å². The van der Waals surface area contributed by atoms with Gasteiger partial charge in [-0.2, -0.15) is 0 Å². The molecule has 102 valence electrons. The minimum Gasteiger partial charge on any atom is -0.352 e. The Morgan fingerprint density at radius 2 is 1.94 bits per heavy atom. The molecule has 4 nitrogen and oxygen atoms in total. The summed E-state index contributed by atoms with van der Waals surface area (Å²) in [6.45, 7) is 4.83. The first kappa shape index (κ1) is 12.4. The van der Waals surface area contributed by atoms with Crippen LogP contribution in [-0.4, -0.2) is 61.5 Å². The maximum atomic E-state index is 12.1. The number of amides is 1. The third-order valence-electron chi connectivity index (χ3n) is 5.05. The number of likely N-dealkylation sites (N-methyl/N-ethyl adjacent to an activating group) is 1. The van der Waals surface area contributed by atoms with Crippen LogP contribution in [0.4, 0.5) is 0 Å². The largest absolute Gasteiger partial charge is 0.352 e. The van der Waals surface area contributed by atoms with Gasteiger partial charge in [-0.05, 0) is 38.1 Å². The Balaban J connectivity index is 1.42. The predicted molar refractivity (Wildman–Crippen MR) is 71.3 cm³/mol. The van der Waals surface area contributed by atoms with E-state index in [1.807, 2.05) is 0 Å². The average molecular weight is 251 g/mol. The molecule has 0 radical (unpaired) electrons. The summed E-state index contributed by atoms with van der Waals surface area (Å²) in [7, 11) is 2.15. The molecule has 2 aliphatic carbocycles. The second-order valence-electron chi connectivity index (χ2n) is 6.43. The van der Waals surface area contributed by atoms with Crippen LogP contribution >= 0.6 is 0 Å². The van der Waals surface area contributed by atoms with E-state index in [-0.39, 0.29) is 5.91 Å². The first-order chi connectivity index (χ1) is 8.70. The van der Waals surface area contributed by atoms with Crippen molar-refractivity contribution < 1.29 is 4.79 Å². The van der Waals surface area contributed by atoms with Crippen LogP contribution in [0.25, 0.3) is 0 Å². The lowest BCUT2D eigenvalue weighted by Crippen LogP contribution is -2.50. The summed E-state index contributed by atoms with van der Waals surface area (Å²) >= 11 is 0. The molecule has 1 saturated heterocycles. The fraction of sp³-hybridized carbons (Fsp3) is 0.929. The highest BCUT2D eigenvalue weighted by molar-refractivity contribution is 5.78. The van der Waals surface area contributed by atoms with Crippen LogP contribution in [0.1, 0.15) is 25.7 Å². The molecular formula is C14H25N3O. The van der Waals surface area contributed by atoms with E-state index in [0.717, 1.165) is 38.0 Å². The zero-order chi connectivity index (χ0) is 12.5. The summed E-state index contributed by atoms with van der Waals surface area (Å²) in [5, 5.41) is 3.27. The van der Waals surface area contributed by atoms with Crippen molar-refractivity contribution >= 4 is 5.91 Å². The molecular weight excluding hydrogens is 226 g/mol. The van der Waals surface area contributed by atoms with Crippen molar-refractivity contribution in [2.75, 3.05) is 39.8 Å². The molecule has 0 aromatic rings. The molecule has 0 aromatic carbocycles. The molecule has 18 heavy (non-hydrogen) atoms. The number of hydrogen-bond donors (Lipinski definition) is 1. The van der Waals surface area contributed by atoms with Crippen molar-refractivity contribution in [1.82, 2.24) is 15.1 Å². The number of carbonyl (C=O) groups is 1. The SMILES string of the molecule is CN1CCN(CC(=O)N[C@H]2C[C@H]3CC[C@H]2C3)CC1. The van der Waals surface area contributed by atoms with Crippen molar-refractivity contribution in [3.63, 3.8) is 0 Å². The van der Waals surface area contributed by atoms with Gasteiger partial charge in [0, 0.05) is 32.2 Å². The number of nitrogens with zero attached hydrogens (tertiary/aromatic N) is 2. The van der Waals surface area contributed by atoms with Crippen LogP contribution in [0.15, 0.2) is 0 Å². The van der Waals surface area contributed by atoms with Crippen LogP contribution in [0, 0.1) is 11.8 Å². The van der Waals surface area contributed by atoms with Crippen LogP contribution in [0.3, 0.4) is 0 Å². The molecule has 1 aliphatic heterocycles. The normalized spacial score (nSPS) is 37.1. The monoisotopic (exact) mass is 251 g/mol. The molecule has 0 aromatic heterocycles. The zero-order valence-electron chi connectivity index (χ0n) is 11.4. The van der Waals surface area contributed by atoms with Gasteiger partial charge < -0.3 is 10.2 Å². The number of nitrogens with one attached hydrogen (secondary N) is 1. The summed E-state index contributed by atoms with van der Waals surface area (Å²) in [6, 6.07) is 0.490. The lowest BCUT2D eigenvalue weighted by molar-refractivity contribution is -0.123. The average Bonchev–Trinajstić information content (AvgIpc) is 2.94. The number of carbonyl (C=O) groups excluding carboxylic acids is 1. The third-order valence-corrected chi connectivity index (χ3v) is 5.05. The van der Waals surface area contributed by atoms with E-state index < -0.39 is 0 Å². The van der Waals surface area contributed by atoms with Gasteiger partial charge in [-0.25, -0.2) is 0 Å². The van der Waals surface area contributed by atoms with Gasteiger partial charge in [0.1, 0.15) is 0 Å². The molecule has 3 fully saturated rings. The summed E-state index contributed by atoms with van der Waals surface area (Å²) in [5.41, 5.74) is 0. The molecule has 1 amide bonds. The van der Waals surface area contributed by atoms with Crippen LogP contribution in [0.2, 0.25) is 0 Å². The van der Waals surface area contributed by atoms with Gasteiger partial charge in [0.15, 0.2) is 0 Å². The van der Waals surface area contributed by atoms with Gasteiger partial charge in [-0.1, -0.05) is 6.42 Å². The van der Waals surface area contributed by atoms with Gasteiger partial charge in [0.25, 0.3) is 0 Å². The summed E-state index contributed by atoms with van der Waals surface area (Å²) < 4.78 is 0. The Labute approximate surface area is 110 Å². The Morgan fingerprint density at radius 1 is 1.17 bits per heavy atom. The maximum Gasteiger partial charge on any atom is 0.234 e. The molecule has 3 atom stereocenters. The highest BCUT2D eigenvalue weighted by atomic mass is 16.2. The van der Waals surface area contributed by atoms with Gasteiger partial charge in [0.2, 0.25) is 5.91 Å². The van der Waals surface area contributed by atoms with Gasteiger partial charge in [-0.15, -0.1) is 0 Å². The van der Waals surface area contributed by atoms with E-state index in [4.69, 9.17) is 0 Å². The Bertz CT molecular complexity index is 312. The minimum absolute atomic E-state index is 0.247. The van der Waals surface area contributed by atoms with E-state index >= 15 is 0 Å². The predicted octanol–water partition coefficient (Wildman–Crippen LogP) is 0.539. The van der Waals surface area contributed by atoms with E-state index in [0.29, 0.717) is 12.6 Å². The fourth-order valence-electron chi connectivity index (χ4n) is 3.88. The summed E-state index contributed by atoms with van der Waals surface area (Å²) in [5.74, 6) is 1.94. The highest BCUT2D eigenvalue weighted by Crippen LogP contribution is 2.44. The van der Waals surface area contributed by atoms with Crippen molar-refractivity contribution in [2.24, 2.45) is 11.8 Å². The third kappa shape index (κ3) is 2.69. The standard InChI is InChI=1S/C14H25N3O/c1-16-4-6-17(7-5-16)10-14(18)15-13-9-11-2-3-12(13)8-11/h11-13H,2-10H2,1H3,(H,15,18)/t11-,12-,13-/m0/s1. The molecule has 3 rings (SSSR count). The maximum absolute atomic E-state index is 12.1. The smallest absolute Gasteiger partial charge is 0.234 e. The van der Waals surface area contributed by atoms with Gasteiger partial charge >= 0.3 is 0 Å². The highest BCUT2D eigenvalue weighted by Gasteiger charge is 2.40. The fourth-order valence-corrected chi connectivity index (χ4v) is 3.88. The molecule has 4 heteroatoms. The Kier molecular flexibility index (Phi) is 3.57. The zero-order valence-corrected chi connectivity index (χ0v) is 11.4. The molecule has 0 spiro atoms. The number of fused-ring (bicyclic) bond motifs is 2.